The van der Waals surface area contributed by atoms with Crippen LogP contribution in [0.15, 0.2) is 60.1 Å². The topological polar surface area (TPSA) is 123 Å². The molecule has 1 unspecified atom stereocenters. The number of aliphatic hydroxyl groups is 1. The first-order valence-electron chi connectivity index (χ1n) is 8.14. The fraction of sp³-hybridized carbons (Fsp3) is 0.200. The monoisotopic (exact) mass is 388 g/mol. The number of methoxy groups -OCH3 is 2. The zero-order valence-corrected chi connectivity index (χ0v) is 15.3. The number of aliphatic carboxylic acids is 2. The normalized spacial score (nSPS) is 19.2. The molecule has 1 atom stereocenters. The number of aliphatic hydroxyl groups excluding tert-OH is 1. The van der Waals surface area contributed by atoms with E-state index in [0.29, 0.717) is 17.1 Å². The number of hydrogen-bond donors (Lipinski definition) is 3. The molecule has 1 aromatic rings. The van der Waals surface area contributed by atoms with Crippen molar-refractivity contribution in [1.82, 2.24) is 0 Å². The van der Waals surface area contributed by atoms with Crippen LogP contribution in [0.1, 0.15) is 12.0 Å². The largest absolute Gasteiger partial charge is 0.504 e. The van der Waals surface area contributed by atoms with Crippen LogP contribution in [0.2, 0.25) is 0 Å². The predicted octanol–water partition coefficient (Wildman–Crippen LogP) is 2.93. The maximum absolute atomic E-state index is 11.0. The Bertz CT molecular complexity index is 878. The van der Waals surface area contributed by atoms with Gasteiger partial charge in [0.25, 0.3) is 0 Å². The third-order valence-electron chi connectivity index (χ3n) is 3.91. The lowest BCUT2D eigenvalue weighted by molar-refractivity contribution is -0.132. The summed E-state index contributed by atoms with van der Waals surface area (Å²) in [7, 11) is 2.82. The third-order valence-corrected chi connectivity index (χ3v) is 3.91. The van der Waals surface area contributed by atoms with Crippen molar-refractivity contribution in [1.29, 1.82) is 0 Å². The third kappa shape index (κ3) is 5.16. The van der Waals surface area contributed by atoms with Crippen LogP contribution in [0.25, 0.3) is 6.08 Å². The summed E-state index contributed by atoms with van der Waals surface area (Å²) in [6.45, 7) is 0. The molecule has 8 heteroatoms. The Labute approximate surface area is 161 Å². The number of benzene rings is 1. The highest BCUT2D eigenvalue weighted by Crippen LogP contribution is 2.37. The summed E-state index contributed by atoms with van der Waals surface area (Å²) in [4.78, 5) is 21.7. The lowest BCUT2D eigenvalue weighted by Crippen LogP contribution is -2.35. The zero-order valence-electron chi connectivity index (χ0n) is 15.3. The molecule has 1 aliphatic rings. The van der Waals surface area contributed by atoms with Gasteiger partial charge in [-0.25, -0.2) is 9.59 Å². The number of hydrogen-bond acceptors (Lipinski definition) is 6. The van der Waals surface area contributed by atoms with E-state index in [0.717, 1.165) is 12.2 Å². The van der Waals surface area contributed by atoms with Crippen molar-refractivity contribution in [3.63, 3.8) is 0 Å². The minimum atomic E-state index is -1.23. The molecule has 0 fully saturated rings. The first-order chi connectivity index (χ1) is 13.3. The van der Waals surface area contributed by atoms with Crippen molar-refractivity contribution in [3.8, 4) is 11.5 Å². The summed E-state index contributed by atoms with van der Waals surface area (Å²) in [6, 6.07) is 4.79. The molecule has 0 bridgehead atoms. The fourth-order valence-corrected chi connectivity index (χ4v) is 2.57. The molecule has 28 heavy (non-hydrogen) atoms. The Kier molecular flexibility index (Phi) is 6.49. The van der Waals surface area contributed by atoms with E-state index >= 15 is 0 Å². The molecule has 0 radical (unpaired) electrons. The van der Waals surface area contributed by atoms with Crippen LogP contribution in [0, 0.1) is 0 Å². The second-order valence-corrected chi connectivity index (χ2v) is 5.83. The predicted molar refractivity (Wildman–Crippen MR) is 100 cm³/mol. The van der Waals surface area contributed by atoms with Crippen LogP contribution < -0.4 is 9.47 Å². The van der Waals surface area contributed by atoms with Gasteiger partial charge in [0.15, 0.2) is 22.9 Å². The van der Waals surface area contributed by atoms with E-state index in [2.05, 4.69) is 0 Å². The molecular weight excluding hydrogens is 368 g/mol. The minimum absolute atomic E-state index is 0.0550. The summed E-state index contributed by atoms with van der Waals surface area (Å²) >= 11 is 0. The van der Waals surface area contributed by atoms with Crippen molar-refractivity contribution >= 4 is 18.0 Å². The number of allylic oxidation sites excluding steroid dienone is 1. The van der Waals surface area contributed by atoms with Crippen LogP contribution in [0.5, 0.6) is 11.5 Å². The van der Waals surface area contributed by atoms with Crippen LogP contribution in [0.4, 0.5) is 0 Å². The lowest BCUT2D eigenvalue weighted by atomic mass is 9.92. The highest BCUT2D eigenvalue weighted by molar-refractivity contribution is 5.85. The van der Waals surface area contributed by atoms with Gasteiger partial charge in [0, 0.05) is 12.2 Å². The van der Waals surface area contributed by atoms with Crippen LogP contribution in [-0.2, 0) is 14.3 Å². The molecular formula is C20H20O8. The van der Waals surface area contributed by atoms with Gasteiger partial charge in [-0.05, 0) is 42.0 Å². The van der Waals surface area contributed by atoms with Crippen LogP contribution in [-0.4, -0.2) is 47.1 Å². The summed E-state index contributed by atoms with van der Waals surface area (Å²) in [5.74, 6) is -1.46. The van der Waals surface area contributed by atoms with Gasteiger partial charge in [0.05, 0.1) is 20.6 Å². The van der Waals surface area contributed by atoms with Gasteiger partial charge in [-0.1, -0.05) is 6.07 Å². The molecule has 3 N–H and O–H groups in total. The van der Waals surface area contributed by atoms with Gasteiger partial charge in [-0.15, -0.1) is 0 Å². The van der Waals surface area contributed by atoms with Crippen LogP contribution in [0.3, 0.4) is 0 Å². The zero-order chi connectivity index (χ0) is 20.7. The number of rotatable bonds is 8. The van der Waals surface area contributed by atoms with Crippen molar-refractivity contribution in [3.05, 3.63) is 65.7 Å². The number of ether oxygens (including phenoxy) is 3. The van der Waals surface area contributed by atoms with Crippen molar-refractivity contribution in [2.24, 2.45) is 0 Å². The Morgan fingerprint density at radius 2 is 1.79 bits per heavy atom. The summed E-state index contributed by atoms with van der Waals surface area (Å²) in [5, 5.41) is 27.6. The van der Waals surface area contributed by atoms with E-state index in [9.17, 15) is 14.7 Å². The maximum atomic E-state index is 11.0. The fourth-order valence-electron chi connectivity index (χ4n) is 2.57. The second-order valence-electron chi connectivity index (χ2n) is 5.83. The standard InChI is InChI=1S/C20H20O8/c1-26-16-11-13(4-6-18(22)23)3-5-15(16)28-20(10-8-19(24)25)9-7-14(21)17(12-20)27-2/h3-11,21H,12H2,1-2H3,(H,22,23)(H,24,25). The Morgan fingerprint density at radius 3 is 2.39 bits per heavy atom. The molecule has 2 rings (SSSR count). The van der Waals surface area contributed by atoms with Gasteiger partial charge >= 0.3 is 11.9 Å². The second kappa shape index (κ2) is 8.81. The molecule has 1 aromatic carbocycles. The molecule has 0 spiro atoms. The first-order valence-corrected chi connectivity index (χ1v) is 8.14. The Morgan fingerprint density at radius 1 is 1.07 bits per heavy atom. The van der Waals surface area contributed by atoms with E-state index in [1.807, 2.05) is 0 Å². The lowest BCUT2D eigenvalue weighted by Gasteiger charge is -2.32. The molecule has 8 nitrogen and oxygen atoms in total. The molecule has 0 saturated carbocycles. The molecule has 0 aliphatic heterocycles. The molecule has 0 aromatic heterocycles. The molecule has 0 heterocycles. The van der Waals surface area contributed by atoms with E-state index < -0.39 is 17.5 Å². The SMILES string of the molecule is COC1=C(O)C=CC(C=CC(=O)O)(Oc2ccc(C=CC(=O)O)cc2OC)C1. The molecule has 0 amide bonds. The van der Waals surface area contributed by atoms with E-state index in [-0.39, 0.29) is 17.9 Å². The summed E-state index contributed by atoms with van der Waals surface area (Å²) in [5.41, 5.74) is -0.655. The molecule has 0 saturated heterocycles. The van der Waals surface area contributed by atoms with Crippen molar-refractivity contribution < 1.29 is 39.1 Å². The van der Waals surface area contributed by atoms with Gasteiger partial charge in [-0.3, -0.25) is 0 Å². The average Bonchev–Trinajstić information content (AvgIpc) is 2.67. The van der Waals surface area contributed by atoms with Gasteiger partial charge in [0.2, 0.25) is 0 Å². The molecule has 1 aliphatic carbocycles. The average molecular weight is 388 g/mol. The number of carboxylic acids is 2. The molecule has 148 valence electrons. The van der Waals surface area contributed by atoms with Crippen molar-refractivity contribution in [2.75, 3.05) is 14.2 Å². The Hall–Kier alpha value is -3.68. The van der Waals surface area contributed by atoms with Crippen LogP contribution >= 0.6 is 0 Å². The summed E-state index contributed by atoms with van der Waals surface area (Å²) < 4.78 is 16.5. The number of carbonyl (C=O) groups is 2. The van der Waals surface area contributed by atoms with Gasteiger partial charge in [0.1, 0.15) is 5.76 Å². The Balaban J connectivity index is 2.41. The highest BCUT2D eigenvalue weighted by atomic mass is 16.5. The van der Waals surface area contributed by atoms with Gasteiger partial charge in [-0.2, -0.15) is 0 Å². The van der Waals surface area contributed by atoms with E-state index in [1.165, 1.54) is 38.5 Å². The van der Waals surface area contributed by atoms with E-state index in [1.54, 1.807) is 18.2 Å². The maximum Gasteiger partial charge on any atom is 0.328 e. The highest BCUT2D eigenvalue weighted by Gasteiger charge is 2.34. The quantitative estimate of drug-likeness (QED) is 0.581. The summed E-state index contributed by atoms with van der Waals surface area (Å²) in [6.07, 6.45) is 7.62. The van der Waals surface area contributed by atoms with Crippen molar-refractivity contribution in [2.45, 2.75) is 12.0 Å². The smallest absolute Gasteiger partial charge is 0.328 e. The van der Waals surface area contributed by atoms with E-state index in [4.69, 9.17) is 24.4 Å². The van der Waals surface area contributed by atoms with Gasteiger partial charge < -0.3 is 29.5 Å². The minimum Gasteiger partial charge on any atom is -0.504 e. The number of carboxylic acid groups (broad SMARTS) is 2. The first kappa shape index (κ1) is 20.6.